The largest absolute Gasteiger partial charge is 0.333 e. The van der Waals surface area contributed by atoms with Crippen molar-refractivity contribution in [3.63, 3.8) is 0 Å². The number of halogens is 2. The number of benzene rings is 2. The molecule has 0 amide bonds. The lowest BCUT2D eigenvalue weighted by atomic mass is 10.1. The minimum absolute atomic E-state index is 0.555. The van der Waals surface area contributed by atoms with Crippen LogP contribution < -0.4 is 0 Å². The monoisotopic (exact) mass is 400 g/mol. The van der Waals surface area contributed by atoms with Gasteiger partial charge in [0, 0.05) is 32.6 Å². The molecule has 1 aromatic heterocycles. The summed E-state index contributed by atoms with van der Waals surface area (Å²) in [6.07, 6.45) is 0. The zero-order chi connectivity index (χ0) is 11.8. The molecule has 0 saturated carbocycles. The summed E-state index contributed by atoms with van der Waals surface area (Å²) < 4.78 is 6.84. The van der Waals surface area contributed by atoms with E-state index in [1.54, 1.807) is 0 Å². The summed E-state index contributed by atoms with van der Waals surface area (Å²) in [5, 5.41) is 6.11. The normalized spacial score (nSPS) is 10.9. The summed E-state index contributed by atoms with van der Waals surface area (Å²) in [6.45, 7) is 0. The molecular formula is C12H6BrIN2O. The highest BCUT2D eigenvalue weighted by Crippen LogP contribution is 2.25. The Labute approximate surface area is 119 Å². The van der Waals surface area contributed by atoms with Crippen LogP contribution in [0.3, 0.4) is 0 Å². The lowest BCUT2D eigenvalue weighted by Gasteiger charge is -2.00. The third kappa shape index (κ3) is 2.21. The Morgan fingerprint density at radius 3 is 2.59 bits per heavy atom. The molecule has 0 spiro atoms. The number of aromatic nitrogens is 2. The summed E-state index contributed by atoms with van der Waals surface area (Å²) in [7, 11) is 0. The molecule has 0 bridgehead atoms. The molecular weight excluding hydrogens is 395 g/mol. The van der Waals surface area contributed by atoms with Gasteiger partial charge in [-0.1, -0.05) is 33.2 Å². The Morgan fingerprint density at radius 2 is 1.82 bits per heavy atom. The second-order valence-corrected chi connectivity index (χ2v) is 5.46. The van der Waals surface area contributed by atoms with E-state index in [1.165, 1.54) is 5.39 Å². The van der Waals surface area contributed by atoms with Crippen molar-refractivity contribution < 1.29 is 4.52 Å². The Balaban J connectivity index is 2.16. The molecule has 0 fully saturated rings. The molecule has 0 N–H and O–H groups in total. The number of fused-ring (bicyclic) bond motifs is 1. The van der Waals surface area contributed by atoms with Crippen LogP contribution in [-0.2, 0) is 0 Å². The van der Waals surface area contributed by atoms with E-state index in [0.29, 0.717) is 9.72 Å². The van der Waals surface area contributed by atoms with Gasteiger partial charge >= 0.3 is 0 Å². The van der Waals surface area contributed by atoms with E-state index in [1.807, 2.05) is 46.9 Å². The second-order valence-electron chi connectivity index (χ2n) is 3.57. The van der Waals surface area contributed by atoms with Gasteiger partial charge in [0.15, 0.2) is 0 Å². The van der Waals surface area contributed by atoms with Crippen LogP contribution in [0.25, 0.3) is 22.2 Å². The average molecular weight is 401 g/mol. The zero-order valence-corrected chi connectivity index (χ0v) is 12.3. The molecule has 3 aromatic rings. The van der Waals surface area contributed by atoms with Crippen molar-refractivity contribution >= 4 is 49.3 Å². The Morgan fingerprint density at radius 1 is 1.06 bits per heavy atom. The van der Waals surface area contributed by atoms with Crippen LogP contribution in [0.4, 0.5) is 0 Å². The van der Waals surface area contributed by atoms with Gasteiger partial charge in [-0.25, -0.2) is 0 Å². The van der Waals surface area contributed by atoms with Gasteiger partial charge in [-0.2, -0.15) is 4.98 Å². The van der Waals surface area contributed by atoms with Gasteiger partial charge in [-0.05, 0) is 35.0 Å². The van der Waals surface area contributed by atoms with Crippen LogP contribution in [0.1, 0.15) is 0 Å². The van der Waals surface area contributed by atoms with Crippen LogP contribution in [0.15, 0.2) is 45.4 Å². The van der Waals surface area contributed by atoms with Gasteiger partial charge in [0.05, 0.1) is 0 Å². The van der Waals surface area contributed by atoms with Crippen LogP contribution >= 0.6 is 38.5 Å². The van der Waals surface area contributed by atoms with E-state index in [4.69, 9.17) is 4.52 Å². The predicted molar refractivity (Wildman–Crippen MR) is 77.7 cm³/mol. The van der Waals surface area contributed by atoms with Crippen molar-refractivity contribution in [3.05, 3.63) is 44.7 Å². The average Bonchev–Trinajstić information content (AvgIpc) is 2.75. The molecule has 0 aliphatic rings. The number of hydrogen-bond acceptors (Lipinski definition) is 3. The lowest BCUT2D eigenvalue weighted by Crippen LogP contribution is -1.79. The number of nitrogens with zero attached hydrogens (tertiary/aromatic N) is 2. The van der Waals surface area contributed by atoms with E-state index in [-0.39, 0.29) is 0 Å². The molecule has 17 heavy (non-hydrogen) atoms. The SMILES string of the molecule is Brc1ccc2cc(-c3nc(I)no3)ccc2c1. The lowest BCUT2D eigenvalue weighted by molar-refractivity contribution is 0.426. The van der Waals surface area contributed by atoms with Crippen LogP contribution in [0.5, 0.6) is 0 Å². The highest BCUT2D eigenvalue weighted by atomic mass is 127. The van der Waals surface area contributed by atoms with Gasteiger partial charge < -0.3 is 4.52 Å². The van der Waals surface area contributed by atoms with Gasteiger partial charge in [0.1, 0.15) is 0 Å². The highest BCUT2D eigenvalue weighted by Gasteiger charge is 2.07. The molecule has 2 aromatic carbocycles. The maximum atomic E-state index is 5.15. The standard InChI is InChI=1S/C12H6BrIN2O/c13-10-4-3-7-5-9(2-1-8(7)6-10)11-15-12(14)16-17-11/h1-6H. The topological polar surface area (TPSA) is 38.9 Å². The molecule has 5 heteroatoms. The number of rotatable bonds is 1. The maximum absolute atomic E-state index is 5.15. The fraction of sp³-hybridized carbons (Fsp3) is 0. The fourth-order valence-electron chi connectivity index (χ4n) is 1.67. The third-order valence-corrected chi connectivity index (χ3v) is 3.38. The van der Waals surface area contributed by atoms with E-state index < -0.39 is 0 Å². The molecule has 0 radical (unpaired) electrons. The van der Waals surface area contributed by atoms with Crippen molar-refractivity contribution in [2.24, 2.45) is 0 Å². The van der Waals surface area contributed by atoms with Gasteiger partial charge in [0.25, 0.3) is 5.89 Å². The Hall–Kier alpha value is -0.950. The van der Waals surface area contributed by atoms with Crippen molar-refractivity contribution in [2.45, 2.75) is 0 Å². The summed E-state index contributed by atoms with van der Waals surface area (Å²) >= 11 is 5.48. The van der Waals surface area contributed by atoms with E-state index in [9.17, 15) is 0 Å². The van der Waals surface area contributed by atoms with E-state index in [2.05, 4.69) is 38.2 Å². The molecule has 0 atom stereocenters. The summed E-state index contributed by atoms with van der Waals surface area (Å²) in [5.74, 6) is 0.555. The molecule has 3 rings (SSSR count). The molecule has 0 unspecified atom stereocenters. The van der Waals surface area contributed by atoms with Crippen LogP contribution in [-0.4, -0.2) is 10.1 Å². The molecule has 0 saturated heterocycles. The van der Waals surface area contributed by atoms with Crippen molar-refractivity contribution in [3.8, 4) is 11.5 Å². The molecule has 1 heterocycles. The predicted octanol–water partition coefficient (Wildman–Crippen LogP) is 4.26. The first-order chi connectivity index (χ1) is 8.22. The molecule has 84 valence electrons. The van der Waals surface area contributed by atoms with Gasteiger partial charge in [0.2, 0.25) is 3.83 Å². The molecule has 0 aliphatic heterocycles. The van der Waals surface area contributed by atoms with Crippen molar-refractivity contribution in [1.29, 1.82) is 0 Å². The fourth-order valence-corrected chi connectivity index (χ4v) is 2.37. The maximum Gasteiger partial charge on any atom is 0.258 e. The summed E-state index contributed by atoms with van der Waals surface area (Å²) in [5.41, 5.74) is 0.940. The molecule has 0 aliphatic carbocycles. The number of hydrogen-bond donors (Lipinski definition) is 0. The Kier molecular flexibility index (Phi) is 2.87. The van der Waals surface area contributed by atoms with Crippen molar-refractivity contribution in [2.75, 3.05) is 0 Å². The quantitative estimate of drug-likeness (QED) is 0.573. The van der Waals surface area contributed by atoms with E-state index in [0.717, 1.165) is 15.4 Å². The Bertz CT molecular complexity index is 696. The van der Waals surface area contributed by atoms with Crippen LogP contribution in [0.2, 0.25) is 0 Å². The van der Waals surface area contributed by atoms with Crippen LogP contribution in [0, 0.1) is 3.83 Å². The second kappa shape index (κ2) is 4.38. The zero-order valence-electron chi connectivity index (χ0n) is 8.52. The van der Waals surface area contributed by atoms with Gasteiger partial charge in [-0.15, -0.1) is 0 Å². The van der Waals surface area contributed by atoms with Gasteiger partial charge in [-0.3, -0.25) is 0 Å². The first-order valence-corrected chi connectivity index (χ1v) is 6.78. The summed E-state index contributed by atoms with van der Waals surface area (Å²) in [6, 6.07) is 12.2. The first-order valence-electron chi connectivity index (χ1n) is 4.91. The first kappa shape index (κ1) is 11.2. The summed E-state index contributed by atoms with van der Waals surface area (Å²) in [4.78, 5) is 4.20. The molecule has 3 nitrogen and oxygen atoms in total. The highest BCUT2D eigenvalue weighted by molar-refractivity contribution is 14.1. The minimum atomic E-state index is 0.555. The van der Waals surface area contributed by atoms with Crippen molar-refractivity contribution in [1.82, 2.24) is 10.1 Å². The van der Waals surface area contributed by atoms with E-state index >= 15 is 0 Å². The third-order valence-electron chi connectivity index (χ3n) is 2.45. The smallest absolute Gasteiger partial charge is 0.258 e. The minimum Gasteiger partial charge on any atom is -0.333 e.